The van der Waals surface area contributed by atoms with Gasteiger partial charge in [-0.1, -0.05) is 34.1 Å². The molecule has 2 rings (SSSR count). The van der Waals surface area contributed by atoms with Crippen molar-refractivity contribution in [1.82, 2.24) is 10.2 Å². The summed E-state index contributed by atoms with van der Waals surface area (Å²) >= 11 is 3.39. The standard InChI is InChI=1S/C13H15BrN2O3/c1-2-19-8-7-16-12(17)11(15-13(16)18)9-5-3-4-6-10(9)14/h3-6,11H,2,7-8H2,1H3,(H,15,18)/t11-/m1/s1. The summed E-state index contributed by atoms with van der Waals surface area (Å²) in [5, 5.41) is 2.69. The molecule has 1 saturated heterocycles. The van der Waals surface area contributed by atoms with Gasteiger partial charge in [-0.3, -0.25) is 9.69 Å². The average molecular weight is 327 g/mol. The summed E-state index contributed by atoms with van der Waals surface area (Å²) in [5.41, 5.74) is 0.764. The van der Waals surface area contributed by atoms with Crippen molar-refractivity contribution in [3.05, 3.63) is 34.3 Å². The third-order valence-electron chi connectivity index (χ3n) is 2.91. The molecule has 19 heavy (non-hydrogen) atoms. The van der Waals surface area contributed by atoms with Gasteiger partial charge in [0.15, 0.2) is 0 Å². The highest BCUT2D eigenvalue weighted by atomic mass is 79.9. The molecule has 1 N–H and O–H groups in total. The average Bonchev–Trinajstić information content (AvgIpc) is 2.67. The minimum Gasteiger partial charge on any atom is -0.380 e. The summed E-state index contributed by atoms with van der Waals surface area (Å²) in [6.07, 6.45) is 0. The van der Waals surface area contributed by atoms with Gasteiger partial charge in [0.25, 0.3) is 5.91 Å². The molecule has 0 saturated carbocycles. The van der Waals surface area contributed by atoms with Crippen LogP contribution in [0.2, 0.25) is 0 Å². The van der Waals surface area contributed by atoms with Crippen LogP contribution in [0.1, 0.15) is 18.5 Å². The Hall–Kier alpha value is -1.40. The Morgan fingerprint density at radius 2 is 2.11 bits per heavy atom. The van der Waals surface area contributed by atoms with Crippen LogP contribution >= 0.6 is 15.9 Å². The lowest BCUT2D eigenvalue weighted by atomic mass is 10.1. The number of rotatable bonds is 5. The summed E-state index contributed by atoms with van der Waals surface area (Å²) in [6, 6.07) is 6.37. The van der Waals surface area contributed by atoms with Crippen LogP contribution < -0.4 is 5.32 Å². The van der Waals surface area contributed by atoms with Gasteiger partial charge in [-0.05, 0) is 18.6 Å². The first-order chi connectivity index (χ1) is 9.15. The highest BCUT2D eigenvalue weighted by Crippen LogP contribution is 2.27. The normalized spacial score (nSPS) is 18.8. The van der Waals surface area contributed by atoms with Crippen LogP contribution in [0.25, 0.3) is 0 Å². The van der Waals surface area contributed by atoms with E-state index in [1.165, 1.54) is 4.90 Å². The predicted octanol–water partition coefficient (Wildman–Crippen LogP) is 2.08. The minimum atomic E-state index is -0.621. The van der Waals surface area contributed by atoms with Crippen molar-refractivity contribution < 1.29 is 14.3 Å². The molecular formula is C13H15BrN2O3. The molecule has 1 aliphatic rings. The molecule has 0 spiro atoms. The van der Waals surface area contributed by atoms with Crippen LogP contribution in [-0.2, 0) is 9.53 Å². The smallest absolute Gasteiger partial charge is 0.325 e. The monoisotopic (exact) mass is 326 g/mol. The lowest BCUT2D eigenvalue weighted by Gasteiger charge is -2.13. The van der Waals surface area contributed by atoms with Crippen molar-refractivity contribution in [3.63, 3.8) is 0 Å². The van der Waals surface area contributed by atoms with Crippen molar-refractivity contribution in [2.45, 2.75) is 13.0 Å². The quantitative estimate of drug-likeness (QED) is 0.665. The van der Waals surface area contributed by atoms with E-state index in [0.717, 1.165) is 10.0 Å². The second-order valence-electron chi connectivity index (χ2n) is 4.09. The number of carbonyl (C=O) groups excluding carboxylic acids is 2. The van der Waals surface area contributed by atoms with E-state index in [9.17, 15) is 9.59 Å². The van der Waals surface area contributed by atoms with Crippen molar-refractivity contribution in [3.8, 4) is 0 Å². The van der Waals surface area contributed by atoms with Gasteiger partial charge >= 0.3 is 6.03 Å². The Morgan fingerprint density at radius 1 is 1.37 bits per heavy atom. The van der Waals surface area contributed by atoms with Gasteiger partial charge in [-0.25, -0.2) is 4.79 Å². The number of hydrogen-bond donors (Lipinski definition) is 1. The zero-order valence-corrected chi connectivity index (χ0v) is 12.1. The molecule has 5 nitrogen and oxygen atoms in total. The van der Waals surface area contributed by atoms with E-state index in [0.29, 0.717) is 13.2 Å². The molecule has 1 aliphatic heterocycles. The Morgan fingerprint density at radius 3 is 2.79 bits per heavy atom. The van der Waals surface area contributed by atoms with Crippen molar-refractivity contribution in [2.75, 3.05) is 19.8 Å². The number of nitrogens with zero attached hydrogens (tertiary/aromatic N) is 1. The lowest BCUT2D eigenvalue weighted by molar-refractivity contribution is -0.128. The van der Waals surface area contributed by atoms with Gasteiger partial charge in [0.2, 0.25) is 0 Å². The summed E-state index contributed by atoms with van der Waals surface area (Å²) in [4.78, 5) is 25.2. The van der Waals surface area contributed by atoms with Gasteiger partial charge in [0, 0.05) is 11.1 Å². The summed E-state index contributed by atoms with van der Waals surface area (Å²) in [7, 11) is 0. The topological polar surface area (TPSA) is 58.6 Å². The molecule has 1 heterocycles. The third kappa shape index (κ3) is 2.96. The molecule has 6 heteroatoms. The molecule has 0 aliphatic carbocycles. The summed E-state index contributed by atoms with van der Waals surface area (Å²) in [6.45, 7) is 3.07. The molecule has 0 unspecified atom stereocenters. The Kier molecular flexibility index (Phi) is 4.55. The highest BCUT2D eigenvalue weighted by Gasteiger charge is 2.39. The number of halogens is 1. The molecule has 1 fully saturated rings. The van der Waals surface area contributed by atoms with E-state index < -0.39 is 6.04 Å². The largest absolute Gasteiger partial charge is 0.380 e. The van der Waals surface area contributed by atoms with Crippen LogP contribution in [0.15, 0.2) is 28.7 Å². The first-order valence-corrected chi connectivity index (χ1v) is 6.88. The molecule has 3 amide bonds. The molecule has 1 aromatic rings. The van der Waals surface area contributed by atoms with Crippen LogP contribution in [0.5, 0.6) is 0 Å². The van der Waals surface area contributed by atoms with Gasteiger partial charge in [-0.2, -0.15) is 0 Å². The van der Waals surface area contributed by atoms with E-state index in [1.54, 1.807) is 0 Å². The molecular weight excluding hydrogens is 312 g/mol. The van der Waals surface area contributed by atoms with Gasteiger partial charge < -0.3 is 10.1 Å². The molecule has 102 valence electrons. The number of ether oxygens (including phenoxy) is 1. The molecule has 0 radical (unpaired) electrons. The summed E-state index contributed by atoms with van der Waals surface area (Å²) in [5.74, 6) is -0.239. The number of carbonyl (C=O) groups is 2. The second kappa shape index (κ2) is 6.16. The zero-order chi connectivity index (χ0) is 13.8. The fourth-order valence-corrected chi connectivity index (χ4v) is 2.46. The fourth-order valence-electron chi connectivity index (χ4n) is 1.95. The van der Waals surface area contributed by atoms with E-state index >= 15 is 0 Å². The first kappa shape index (κ1) is 14.0. The highest BCUT2D eigenvalue weighted by molar-refractivity contribution is 9.10. The Labute approximate surface area is 120 Å². The van der Waals surface area contributed by atoms with Crippen LogP contribution in [-0.4, -0.2) is 36.6 Å². The molecule has 0 bridgehead atoms. The lowest BCUT2D eigenvalue weighted by Crippen LogP contribution is -2.34. The van der Waals surface area contributed by atoms with Gasteiger partial charge in [0.1, 0.15) is 6.04 Å². The maximum Gasteiger partial charge on any atom is 0.325 e. The van der Waals surface area contributed by atoms with Gasteiger partial charge in [0.05, 0.1) is 13.2 Å². The van der Waals surface area contributed by atoms with Crippen LogP contribution in [0, 0.1) is 0 Å². The SMILES string of the molecule is CCOCCN1C(=O)N[C@H](c2ccccc2Br)C1=O. The minimum absolute atomic E-state index is 0.239. The van der Waals surface area contributed by atoms with E-state index in [-0.39, 0.29) is 18.5 Å². The molecule has 1 aromatic carbocycles. The zero-order valence-electron chi connectivity index (χ0n) is 10.6. The Balaban J connectivity index is 2.12. The fraction of sp³-hybridized carbons (Fsp3) is 0.385. The molecule has 1 atom stereocenters. The van der Waals surface area contributed by atoms with Crippen molar-refractivity contribution >= 4 is 27.9 Å². The second-order valence-corrected chi connectivity index (χ2v) is 4.95. The maximum absolute atomic E-state index is 12.2. The van der Waals surface area contributed by atoms with Crippen LogP contribution in [0.3, 0.4) is 0 Å². The van der Waals surface area contributed by atoms with Crippen LogP contribution in [0.4, 0.5) is 4.79 Å². The number of urea groups is 1. The van der Waals surface area contributed by atoms with Gasteiger partial charge in [-0.15, -0.1) is 0 Å². The summed E-state index contributed by atoms with van der Waals surface area (Å²) < 4.78 is 5.98. The number of nitrogens with one attached hydrogen (secondary N) is 1. The maximum atomic E-state index is 12.2. The number of imide groups is 1. The number of amides is 3. The van der Waals surface area contributed by atoms with Crippen molar-refractivity contribution in [1.29, 1.82) is 0 Å². The Bertz CT molecular complexity index is 493. The number of hydrogen-bond acceptors (Lipinski definition) is 3. The van der Waals surface area contributed by atoms with E-state index in [1.807, 2.05) is 31.2 Å². The number of benzene rings is 1. The third-order valence-corrected chi connectivity index (χ3v) is 3.63. The first-order valence-electron chi connectivity index (χ1n) is 6.09. The van der Waals surface area contributed by atoms with E-state index in [2.05, 4.69) is 21.2 Å². The predicted molar refractivity (Wildman–Crippen MR) is 73.6 cm³/mol. The molecule has 0 aromatic heterocycles. The van der Waals surface area contributed by atoms with Crippen molar-refractivity contribution in [2.24, 2.45) is 0 Å². The van der Waals surface area contributed by atoms with E-state index in [4.69, 9.17) is 4.74 Å².